The Morgan fingerprint density at radius 3 is 2.60 bits per heavy atom. The van der Waals surface area contributed by atoms with E-state index >= 15 is 0 Å². The van der Waals surface area contributed by atoms with Crippen LogP contribution in [-0.4, -0.2) is 59.8 Å². The van der Waals surface area contributed by atoms with Crippen LogP contribution in [0, 0.1) is 6.92 Å². The van der Waals surface area contributed by atoms with Crippen molar-refractivity contribution in [2.75, 3.05) is 44.2 Å². The Morgan fingerprint density at radius 1 is 1.07 bits per heavy atom. The number of piperazine rings is 1. The number of carbonyl (C=O) groups excluding carboxylic acids is 1. The largest absolute Gasteiger partial charge is 0.492 e. The van der Waals surface area contributed by atoms with E-state index < -0.39 is 0 Å². The summed E-state index contributed by atoms with van der Waals surface area (Å²) in [6.07, 6.45) is 0. The fraction of sp³-hybridized carbons (Fsp3) is 0.391. The van der Waals surface area contributed by atoms with E-state index in [-0.39, 0.29) is 6.03 Å². The van der Waals surface area contributed by atoms with Gasteiger partial charge in [-0.25, -0.2) is 9.78 Å². The topological polar surface area (TPSA) is 62.6 Å². The number of para-hydroxylation sites is 4. The van der Waals surface area contributed by atoms with Crippen LogP contribution in [0.15, 0.2) is 48.5 Å². The van der Waals surface area contributed by atoms with Gasteiger partial charge >= 0.3 is 6.03 Å². The molecule has 0 aliphatic carbocycles. The first kappa shape index (κ1) is 20.1. The molecule has 4 rings (SSSR count). The van der Waals surface area contributed by atoms with Crippen LogP contribution in [0.2, 0.25) is 0 Å². The van der Waals surface area contributed by atoms with E-state index in [1.54, 1.807) is 0 Å². The maximum atomic E-state index is 12.6. The van der Waals surface area contributed by atoms with Gasteiger partial charge in [0.2, 0.25) is 0 Å². The van der Waals surface area contributed by atoms with Gasteiger partial charge in [0.1, 0.15) is 11.6 Å². The lowest BCUT2D eigenvalue weighted by Gasteiger charge is -2.36. The van der Waals surface area contributed by atoms with Crippen molar-refractivity contribution >= 4 is 22.8 Å². The van der Waals surface area contributed by atoms with Crippen molar-refractivity contribution in [3.63, 3.8) is 0 Å². The molecule has 0 spiro atoms. The average Bonchev–Trinajstić information content (AvgIpc) is 3.09. The van der Waals surface area contributed by atoms with Crippen molar-refractivity contribution in [1.29, 1.82) is 0 Å². The van der Waals surface area contributed by atoms with E-state index in [1.807, 2.05) is 55.1 Å². The molecule has 0 unspecified atom stereocenters. The maximum Gasteiger partial charge on any atom is 0.317 e. The minimum atomic E-state index is -0.00480. The third-order valence-corrected chi connectivity index (χ3v) is 5.53. The lowest BCUT2D eigenvalue weighted by atomic mass is 10.2. The van der Waals surface area contributed by atoms with Crippen LogP contribution in [0.1, 0.15) is 12.7 Å². The van der Waals surface area contributed by atoms with Crippen LogP contribution < -0.4 is 15.0 Å². The smallest absolute Gasteiger partial charge is 0.317 e. The summed E-state index contributed by atoms with van der Waals surface area (Å²) >= 11 is 0. The van der Waals surface area contributed by atoms with Crippen LogP contribution in [-0.2, 0) is 6.54 Å². The van der Waals surface area contributed by atoms with Crippen molar-refractivity contribution < 1.29 is 9.53 Å². The summed E-state index contributed by atoms with van der Waals surface area (Å²) in [4.78, 5) is 21.4. The van der Waals surface area contributed by atoms with Gasteiger partial charge in [0.15, 0.2) is 0 Å². The molecule has 7 heteroatoms. The molecule has 0 atom stereocenters. The predicted octanol–water partition coefficient (Wildman–Crippen LogP) is 3.28. The Kier molecular flexibility index (Phi) is 6.07. The van der Waals surface area contributed by atoms with Crippen molar-refractivity contribution in [3.05, 3.63) is 54.4 Å². The predicted molar refractivity (Wildman–Crippen MR) is 119 cm³/mol. The molecule has 1 N–H and O–H groups in total. The van der Waals surface area contributed by atoms with Gasteiger partial charge in [-0.05, 0) is 38.1 Å². The first-order valence-corrected chi connectivity index (χ1v) is 10.6. The Morgan fingerprint density at radius 2 is 1.80 bits per heavy atom. The molecule has 30 heavy (non-hydrogen) atoms. The minimum absolute atomic E-state index is 0.00480. The molecular weight excluding hydrogens is 378 g/mol. The quantitative estimate of drug-likeness (QED) is 0.681. The molecule has 1 aliphatic rings. The Labute approximate surface area is 177 Å². The number of carbonyl (C=O) groups is 1. The summed E-state index contributed by atoms with van der Waals surface area (Å²) in [6.45, 7) is 8.90. The molecule has 2 aromatic carbocycles. The van der Waals surface area contributed by atoms with Gasteiger partial charge in [-0.2, -0.15) is 0 Å². The number of amides is 2. The molecule has 0 saturated carbocycles. The molecule has 0 radical (unpaired) electrons. The fourth-order valence-electron chi connectivity index (χ4n) is 4.01. The zero-order valence-corrected chi connectivity index (χ0v) is 17.7. The highest BCUT2D eigenvalue weighted by Crippen LogP contribution is 2.28. The van der Waals surface area contributed by atoms with Crippen molar-refractivity contribution in [2.45, 2.75) is 20.4 Å². The number of aryl methyl sites for hydroxylation is 1. The van der Waals surface area contributed by atoms with Crippen LogP contribution in [0.3, 0.4) is 0 Å². The third kappa shape index (κ3) is 4.20. The summed E-state index contributed by atoms with van der Waals surface area (Å²) in [5.74, 6) is 1.87. The van der Waals surface area contributed by atoms with E-state index in [9.17, 15) is 4.79 Å². The van der Waals surface area contributed by atoms with E-state index in [2.05, 4.69) is 31.9 Å². The van der Waals surface area contributed by atoms with Crippen molar-refractivity contribution in [2.24, 2.45) is 0 Å². The standard InChI is InChI=1S/C23H29N5O2/c1-3-30-22-11-7-6-10-21(22)26-14-16-27(17-15-26)23(29)24-12-13-28-18(2)25-19-8-4-5-9-20(19)28/h4-11H,3,12-17H2,1-2H3,(H,24,29). The van der Waals surface area contributed by atoms with Crippen molar-refractivity contribution in [1.82, 2.24) is 19.8 Å². The summed E-state index contributed by atoms with van der Waals surface area (Å²) < 4.78 is 7.90. The Balaban J connectivity index is 1.29. The molecule has 1 fully saturated rings. The zero-order chi connectivity index (χ0) is 20.9. The molecule has 3 aromatic rings. The number of nitrogens with one attached hydrogen (secondary N) is 1. The molecule has 0 bridgehead atoms. The van der Waals surface area contributed by atoms with Gasteiger partial charge in [0.05, 0.1) is 23.3 Å². The second-order valence-electron chi connectivity index (χ2n) is 7.41. The van der Waals surface area contributed by atoms with Gasteiger partial charge in [-0.1, -0.05) is 24.3 Å². The highest BCUT2D eigenvalue weighted by molar-refractivity contribution is 5.76. The second kappa shape index (κ2) is 9.07. The number of hydrogen-bond donors (Lipinski definition) is 1. The summed E-state index contributed by atoms with van der Waals surface area (Å²) in [5, 5.41) is 3.06. The zero-order valence-electron chi connectivity index (χ0n) is 17.7. The van der Waals surface area contributed by atoms with E-state index in [1.165, 1.54) is 0 Å². The summed E-state index contributed by atoms with van der Waals surface area (Å²) in [6, 6.07) is 16.2. The molecule has 1 aromatic heterocycles. The van der Waals surface area contributed by atoms with E-state index in [0.717, 1.165) is 41.4 Å². The Bertz CT molecular complexity index is 1010. The number of fused-ring (bicyclic) bond motifs is 1. The first-order valence-electron chi connectivity index (χ1n) is 10.6. The maximum absolute atomic E-state index is 12.6. The molecule has 2 heterocycles. The number of hydrogen-bond acceptors (Lipinski definition) is 4. The molecular formula is C23H29N5O2. The molecule has 7 nitrogen and oxygen atoms in total. The molecule has 158 valence electrons. The third-order valence-electron chi connectivity index (χ3n) is 5.53. The molecule has 1 saturated heterocycles. The van der Waals surface area contributed by atoms with E-state index in [0.29, 0.717) is 32.8 Å². The van der Waals surface area contributed by atoms with Crippen LogP contribution >= 0.6 is 0 Å². The highest BCUT2D eigenvalue weighted by atomic mass is 16.5. The minimum Gasteiger partial charge on any atom is -0.492 e. The fourth-order valence-corrected chi connectivity index (χ4v) is 4.01. The lowest BCUT2D eigenvalue weighted by Crippen LogP contribution is -2.52. The van der Waals surface area contributed by atoms with Gasteiger partial charge in [0.25, 0.3) is 0 Å². The van der Waals surface area contributed by atoms with Crippen LogP contribution in [0.5, 0.6) is 5.75 Å². The van der Waals surface area contributed by atoms with Gasteiger partial charge < -0.3 is 24.4 Å². The monoisotopic (exact) mass is 407 g/mol. The number of urea groups is 1. The first-order chi connectivity index (χ1) is 14.7. The van der Waals surface area contributed by atoms with Gasteiger partial charge in [-0.3, -0.25) is 0 Å². The summed E-state index contributed by atoms with van der Waals surface area (Å²) in [7, 11) is 0. The number of nitrogens with zero attached hydrogens (tertiary/aromatic N) is 4. The number of anilines is 1. The van der Waals surface area contributed by atoms with Crippen LogP contribution in [0.4, 0.5) is 10.5 Å². The van der Waals surface area contributed by atoms with Crippen LogP contribution in [0.25, 0.3) is 11.0 Å². The SMILES string of the molecule is CCOc1ccccc1N1CCN(C(=O)NCCn2c(C)nc3ccccc32)CC1. The van der Waals surface area contributed by atoms with Crippen molar-refractivity contribution in [3.8, 4) is 5.75 Å². The number of aromatic nitrogens is 2. The van der Waals surface area contributed by atoms with Gasteiger partial charge in [-0.15, -0.1) is 0 Å². The van der Waals surface area contributed by atoms with Gasteiger partial charge in [0, 0.05) is 39.3 Å². The highest BCUT2D eigenvalue weighted by Gasteiger charge is 2.22. The molecule has 1 aliphatic heterocycles. The normalized spacial score (nSPS) is 14.2. The van der Waals surface area contributed by atoms with E-state index in [4.69, 9.17) is 4.74 Å². The Hall–Kier alpha value is -3.22. The second-order valence-corrected chi connectivity index (χ2v) is 7.41. The summed E-state index contributed by atoms with van der Waals surface area (Å²) in [5.41, 5.74) is 3.19. The number of benzene rings is 2. The average molecular weight is 408 g/mol. The lowest BCUT2D eigenvalue weighted by molar-refractivity contribution is 0.194. The number of ether oxygens (including phenoxy) is 1. The number of imidazole rings is 1. The molecule has 2 amide bonds. The number of rotatable bonds is 6.